The van der Waals surface area contributed by atoms with Crippen molar-refractivity contribution in [2.75, 3.05) is 26.2 Å². The summed E-state index contributed by atoms with van der Waals surface area (Å²) >= 11 is 0. The van der Waals surface area contributed by atoms with Crippen LogP contribution in [0.4, 0.5) is 0 Å². The molecule has 0 radical (unpaired) electrons. The van der Waals surface area contributed by atoms with Gasteiger partial charge >= 0.3 is 0 Å². The molecule has 1 aromatic carbocycles. The summed E-state index contributed by atoms with van der Waals surface area (Å²) < 4.78 is 0. The Bertz CT molecular complexity index is 924. The quantitative estimate of drug-likeness (QED) is 0.716. The summed E-state index contributed by atoms with van der Waals surface area (Å²) in [5.74, 6) is 0.901. The fourth-order valence-electron chi connectivity index (χ4n) is 5.42. The first-order valence-electron chi connectivity index (χ1n) is 11.3. The topological polar surface area (TPSA) is 49.3 Å². The number of hydrogen-bond acceptors (Lipinski definition) is 4. The van der Waals surface area contributed by atoms with Crippen LogP contribution >= 0.6 is 0 Å². The number of amides is 1. The summed E-state index contributed by atoms with van der Waals surface area (Å²) in [5, 5.41) is 0. The standard InChI is InChI=1S/C25H30N4O/c1-18-3-2-13-28(18)14-10-19-4-6-20(7-5-19)22-9-8-21-16-29(17-23(21)22)25(30)24-15-26-11-12-27-24/h4-8,11-12,15,18,22-23H,2-3,9-10,13-14,16-17H2,1H3. The fraction of sp³-hybridized carbons (Fsp3) is 0.480. The van der Waals surface area contributed by atoms with E-state index >= 15 is 0 Å². The Hall–Kier alpha value is -2.53. The largest absolute Gasteiger partial charge is 0.333 e. The van der Waals surface area contributed by atoms with Crippen molar-refractivity contribution >= 4 is 5.91 Å². The van der Waals surface area contributed by atoms with Crippen LogP contribution < -0.4 is 0 Å². The van der Waals surface area contributed by atoms with Crippen molar-refractivity contribution in [1.29, 1.82) is 0 Å². The van der Waals surface area contributed by atoms with Gasteiger partial charge in [-0.15, -0.1) is 0 Å². The average molecular weight is 403 g/mol. The maximum Gasteiger partial charge on any atom is 0.274 e. The minimum atomic E-state index is -0.0105. The molecule has 1 aromatic heterocycles. The van der Waals surface area contributed by atoms with Crippen LogP contribution in [0.3, 0.4) is 0 Å². The average Bonchev–Trinajstić information content (AvgIpc) is 3.49. The predicted octanol–water partition coefficient (Wildman–Crippen LogP) is 3.69. The van der Waals surface area contributed by atoms with Crippen molar-refractivity contribution in [2.45, 2.75) is 44.6 Å². The highest BCUT2D eigenvalue weighted by Gasteiger charge is 2.39. The Morgan fingerprint density at radius 3 is 2.77 bits per heavy atom. The number of fused-ring (bicyclic) bond motifs is 1. The number of carbonyl (C=O) groups excluding carboxylic acids is 1. The lowest BCUT2D eigenvalue weighted by atomic mass is 9.86. The molecule has 156 valence electrons. The highest BCUT2D eigenvalue weighted by molar-refractivity contribution is 5.92. The molecule has 2 fully saturated rings. The van der Waals surface area contributed by atoms with Crippen LogP contribution in [-0.2, 0) is 6.42 Å². The first kappa shape index (κ1) is 19.4. The Morgan fingerprint density at radius 2 is 2.03 bits per heavy atom. The maximum atomic E-state index is 12.8. The van der Waals surface area contributed by atoms with E-state index in [4.69, 9.17) is 0 Å². The molecule has 5 heteroatoms. The van der Waals surface area contributed by atoms with Gasteiger partial charge in [0.05, 0.1) is 6.20 Å². The Morgan fingerprint density at radius 1 is 1.17 bits per heavy atom. The van der Waals surface area contributed by atoms with Gasteiger partial charge in [0, 0.05) is 44.0 Å². The fourth-order valence-corrected chi connectivity index (χ4v) is 5.42. The SMILES string of the molecule is CC1CCCN1CCc1ccc(C2CC=C3CN(C(=O)c4cnccn4)CC32)cc1. The zero-order valence-corrected chi connectivity index (χ0v) is 17.7. The summed E-state index contributed by atoms with van der Waals surface area (Å²) in [6.07, 6.45) is 12.0. The number of aromatic nitrogens is 2. The lowest BCUT2D eigenvalue weighted by Crippen LogP contribution is -2.30. The van der Waals surface area contributed by atoms with Gasteiger partial charge < -0.3 is 9.80 Å². The van der Waals surface area contributed by atoms with Gasteiger partial charge in [0.25, 0.3) is 5.91 Å². The van der Waals surface area contributed by atoms with Gasteiger partial charge in [-0.25, -0.2) is 4.98 Å². The van der Waals surface area contributed by atoms with Crippen molar-refractivity contribution in [2.24, 2.45) is 5.92 Å². The van der Waals surface area contributed by atoms with E-state index in [0.29, 0.717) is 17.5 Å². The number of nitrogens with zero attached hydrogens (tertiary/aromatic N) is 4. The van der Waals surface area contributed by atoms with E-state index in [1.807, 2.05) is 4.90 Å². The molecular weight excluding hydrogens is 372 g/mol. The number of benzene rings is 1. The number of rotatable bonds is 5. The zero-order chi connectivity index (χ0) is 20.5. The lowest BCUT2D eigenvalue weighted by Gasteiger charge is -2.22. The first-order valence-corrected chi connectivity index (χ1v) is 11.3. The van der Waals surface area contributed by atoms with E-state index in [1.165, 1.54) is 36.1 Å². The summed E-state index contributed by atoms with van der Waals surface area (Å²) in [4.78, 5) is 25.5. The number of carbonyl (C=O) groups is 1. The third kappa shape index (κ3) is 3.79. The van der Waals surface area contributed by atoms with Crippen LogP contribution in [0.15, 0.2) is 54.5 Å². The van der Waals surface area contributed by atoms with Crippen LogP contribution in [-0.4, -0.2) is 57.9 Å². The van der Waals surface area contributed by atoms with Gasteiger partial charge in [-0.1, -0.05) is 30.3 Å². The Labute approximate surface area is 178 Å². The van der Waals surface area contributed by atoms with Gasteiger partial charge in [-0.05, 0) is 61.8 Å². The minimum absolute atomic E-state index is 0.0105. The van der Waals surface area contributed by atoms with E-state index in [-0.39, 0.29) is 5.91 Å². The molecule has 5 nitrogen and oxygen atoms in total. The molecule has 3 heterocycles. The van der Waals surface area contributed by atoms with E-state index in [0.717, 1.165) is 38.5 Å². The molecule has 1 amide bonds. The second-order valence-corrected chi connectivity index (χ2v) is 9.02. The van der Waals surface area contributed by atoms with Crippen molar-refractivity contribution in [3.8, 4) is 0 Å². The molecule has 1 aliphatic carbocycles. The molecule has 2 saturated heterocycles. The third-order valence-corrected chi connectivity index (χ3v) is 7.24. The number of likely N-dealkylation sites (tertiary alicyclic amines) is 2. The molecule has 2 aliphatic heterocycles. The highest BCUT2D eigenvalue weighted by atomic mass is 16.2. The molecule has 0 saturated carbocycles. The Kier molecular flexibility index (Phi) is 5.38. The van der Waals surface area contributed by atoms with E-state index in [1.54, 1.807) is 18.6 Å². The number of hydrogen-bond donors (Lipinski definition) is 0. The molecule has 5 rings (SSSR count). The molecule has 30 heavy (non-hydrogen) atoms. The number of allylic oxidation sites excluding steroid dienone is 1. The van der Waals surface area contributed by atoms with E-state index in [2.05, 4.69) is 52.1 Å². The lowest BCUT2D eigenvalue weighted by molar-refractivity contribution is 0.0780. The first-order chi connectivity index (χ1) is 14.7. The molecular formula is C25H30N4O. The van der Waals surface area contributed by atoms with Crippen molar-refractivity contribution < 1.29 is 4.79 Å². The molecule has 0 bridgehead atoms. The second-order valence-electron chi connectivity index (χ2n) is 9.02. The van der Waals surface area contributed by atoms with Crippen LogP contribution in [0.1, 0.15) is 53.7 Å². The highest BCUT2D eigenvalue weighted by Crippen LogP contribution is 2.43. The summed E-state index contributed by atoms with van der Waals surface area (Å²) in [6, 6.07) is 9.99. The van der Waals surface area contributed by atoms with Gasteiger partial charge in [-0.3, -0.25) is 9.78 Å². The van der Waals surface area contributed by atoms with Crippen LogP contribution in [0, 0.1) is 5.92 Å². The summed E-state index contributed by atoms with van der Waals surface area (Å²) in [6.45, 7) is 6.27. The third-order valence-electron chi connectivity index (χ3n) is 7.24. The van der Waals surface area contributed by atoms with Crippen molar-refractivity contribution in [3.63, 3.8) is 0 Å². The molecule has 3 atom stereocenters. The van der Waals surface area contributed by atoms with E-state index in [9.17, 15) is 4.79 Å². The molecule has 3 aliphatic rings. The molecule has 0 spiro atoms. The maximum absolute atomic E-state index is 12.8. The monoisotopic (exact) mass is 402 g/mol. The smallest absolute Gasteiger partial charge is 0.274 e. The predicted molar refractivity (Wildman–Crippen MR) is 117 cm³/mol. The summed E-state index contributed by atoms with van der Waals surface area (Å²) in [5.41, 5.74) is 4.67. The summed E-state index contributed by atoms with van der Waals surface area (Å²) in [7, 11) is 0. The Balaban J connectivity index is 1.21. The van der Waals surface area contributed by atoms with Crippen LogP contribution in [0.5, 0.6) is 0 Å². The van der Waals surface area contributed by atoms with Gasteiger partial charge in [-0.2, -0.15) is 0 Å². The molecule has 0 N–H and O–H groups in total. The molecule has 2 aromatic rings. The van der Waals surface area contributed by atoms with Crippen LogP contribution in [0.25, 0.3) is 0 Å². The van der Waals surface area contributed by atoms with Gasteiger partial charge in [0.2, 0.25) is 0 Å². The van der Waals surface area contributed by atoms with Gasteiger partial charge in [0.1, 0.15) is 5.69 Å². The van der Waals surface area contributed by atoms with E-state index < -0.39 is 0 Å². The van der Waals surface area contributed by atoms with Crippen LogP contribution in [0.2, 0.25) is 0 Å². The zero-order valence-electron chi connectivity index (χ0n) is 17.7. The molecule has 3 unspecified atom stereocenters. The van der Waals surface area contributed by atoms with Gasteiger partial charge in [0.15, 0.2) is 0 Å². The van der Waals surface area contributed by atoms with Crippen molar-refractivity contribution in [3.05, 3.63) is 71.3 Å². The second kappa shape index (κ2) is 8.31. The normalized spacial score (nSPS) is 26.1. The van der Waals surface area contributed by atoms with Crippen molar-refractivity contribution in [1.82, 2.24) is 19.8 Å². The minimum Gasteiger partial charge on any atom is -0.333 e.